The second-order valence-electron chi connectivity index (χ2n) is 16.1. The van der Waals surface area contributed by atoms with E-state index < -0.39 is 53.8 Å². The molecular formula is C45H60N6O6. The van der Waals surface area contributed by atoms with Crippen LogP contribution in [-0.4, -0.2) is 95.7 Å². The summed E-state index contributed by atoms with van der Waals surface area (Å²) in [5, 5.41) is 10.0. The van der Waals surface area contributed by atoms with E-state index in [1.165, 1.54) is 36.7 Å². The number of aromatic amines is 1. The largest absolute Gasteiger partial charge is 0.499 e. The van der Waals surface area contributed by atoms with E-state index in [2.05, 4.69) is 20.9 Å². The molecule has 0 saturated heterocycles. The second-order valence-corrected chi connectivity index (χ2v) is 16.1. The molecule has 0 bridgehead atoms. The lowest BCUT2D eigenvalue weighted by Gasteiger charge is -2.32. The van der Waals surface area contributed by atoms with Crippen LogP contribution in [0.5, 0.6) is 0 Å². The zero-order valence-corrected chi connectivity index (χ0v) is 34.3. The molecular weight excluding hydrogens is 721 g/mol. The molecule has 0 radical (unpaired) electrons. The van der Waals surface area contributed by atoms with Crippen LogP contribution < -0.4 is 16.0 Å². The summed E-state index contributed by atoms with van der Waals surface area (Å²) in [6.07, 6.45) is 13.1. The number of aryl methyl sites for hydroxylation is 1. The lowest BCUT2D eigenvalue weighted by atomic mass is 9.84. The molecule has 12 heteroatoms. The Morgan fingerprint density at radius 3 is 2.25 bits per heavy atom. The number of para-hydroxylation sites is 1. The van der Waals surface area contributed by atoms with E-state index in [1.54, 1.807) is 6.92 Å². The molecule has 1 aliphatic carbocycles. The zero-order valence-electron chi connectivity index (χ0n) is 34.3. The Bertz CT molecular complexity index is 1900. The number of hydrogen-bond acceptors (Lipinski definition) is 7. The topological polar surface area (TPSA) is 153 Å². The number of ether oxygens (including phenoxy) is 1. The van der Waals surface area contributed by atoms with Gasteiger partial charge in [0.15, 0.2) is 0 Å². The lowest BCUT2D eigenvalue weighted by Crippen LogP contribution is -2.57. The van der Waals surface area contributed by atoms with Crippen LogP contribution in [-0.2, 0) is 41.6 Å². The van der Waals surface area contributed by atoms with E-state index in [9.17, 15) is 24.0 Å². The van der Waals surface area contributed by atoms with Crippen LogP contribution in [0.2, 0.25) is 0 Å². The van der Waals surface area contributed by atoms with Gasteiger partial charge in [-0.15, -0.1) is 0 Å². The standard InChI is InChI=1S/C45H60N6O6/c1-29(2)42(50(4)5)45(56)49-37(25-32-17-11-8-12-18-32)44(55)48-36(23-22-31-15-9-7-10-16-31)43(54)47-30(3)21-24-40(52)51-38(39(57-6)27-41(51)53)26-33-28-46-35-20-14-13-19-34(33)35/h7,9-10,13-16,19-21,24,27-30,32,36-38,42,46H,8,11-12,17-18,22-23,25-26H2,1-6H3,(H,47,54)(H,48,55)(H,49,56)/b24-21+/t30-,36-,37-,38-,42-/m0/s1. The minimum absolute atomic E-state index is 0.0245. The van der Waals surface area contributed by atoms with Crippen LogP contribution in [0.4, 0.5) is 0 Å². The summed E-state index contributed by atoms with van der Waals surface area (Å²) < 4.78 is 5.53. The van der Waals surface area contributed by atoms with Crippen molar-refractivity contribution in [3.63, 3.8) is 0 Å². The fraction of sp³-hybridized carbons (Fsp3) is 0.489. The summed E-state index contributed by atoms with van der Waals surface area (Å²) in [5.41, 5.74) is 2.91. The smallest absolute Gasteiger partial charge is 0.257 e. The minimum atomic E-state index is -0.918. The Morgan fingerprint density at radius 1 is 0.895 bits per heavy atom. The quantitative estimate of drug-likeness (QED) is 0.130. The van der Waals surface area contributed by atoms with Crippen LogP contribution in [0.25, 0.3) is 10.9 Å². The Labute approximate surface area is 336 Å². The number of rotatable bonds is 18. The molecule has 0 unspecified atom stereocenters. The van der Waals surface area contributed by atoms with Crippen molar-refractivity contribution in [1.29, 1.82) is 0 Å². The van der Waals surface area contributed by atoms with Crippen LogP contribution in [0.1, 0.15) is 76.8 Å². The monoisotopic (exact) mass is 780 g/mol. The van der Waals surface area contributed by atoms with Crippen molar-refractivity contribution in [2.45, 2.75) is 109 Å². The molecule has 2 heterocycles. The molecule has 1 saturated carbocycles. The third-order valence-corrected chi connectivity index (χ3v) is 11.2. The molecule has 0 spiro atoms. The second kappa shape index (κ2) is 20.3. The van der Waals surface area contributed by atoms with Gasteiger partial charge in [0.25, 0.3) is 11.8 Å². The van der Waals surface area contributed by atoms with E-state index in [0.29, 0.717) is 37.4 Å². The minimum Gasteiger partial charge on any atom is -0.499 e. The van der Waals surface area contributed by atoms with Crippen molar-refractivity contribution in [3.05, 3.63) is 95.9 Å². The summed E-state index contributed by atoms with van der Waals surface area (Å²) in [6.45, 7) is 5.69. The first-order chi connectivity index (χ1) is 27.4. The molecule has 12 nitrogen and oxygen atoms in total. The van der Waals surface area contributed by atoms with Crippen LogP contribution in [0, 0.1) is 11.8 Å². The number of nitrogens with one attached hydrogen (secondary N) is 4. The number of methoxy groups -OCH3 is 1. The van der Waals surface area contributed by atoms with Crippen LogP contribution in [0.15, 0.2) is 84.8 Å². The van der Waals surface area contributed by atoms with Gasteiger partial charge in [-0.25, -0.2) is 0 Å². The van der Waals surface area contributed by atoms with Crippen molar-refractivity contribution in [1.82, 2.24) is 30.7 Å². The number of H-pyrrole nitrogens is 1. The van der Waals surface area contributed by atoms with Gasteiger partial charge in [0.2, 0.25) is 17.7 Å². The van der Waals surface area contributed by atoms with Gasteiger partial charge >= 0.3 is 0 Å². The summed E-state index contributed by atoms with van der Waals surface area (Å²) in [6, 6.07) is 14.2. The summed E-state index contributed by atoms with van der Waals surface area (Å²) in [5.74, 6) is -1.33. The first kappa shape index (κ1) is 42.9. The average Bonchev–Trinajstić information content (AvgIpc) is 3.75. The molecule has 5 amide bonds. The number of hydrogen-bond donors (Lipinski definition) is 4. The molecule has 2 aliphatic rings. The zero-order chi connectivity index (χ0) is 41.1. The Kier molecular flexibility index (Phi) is 15.3. The maximum atomic E-state index is 14.2. The van der Waals surface area contributed by atoms with E-state index in [0.717, 1.165) is 47.7 Å². The van der Waals surface area contributed by atoms with Crippen LogP contribution in [0.3, 0.4) is 0 Å². The molecule has 306 valence electrons. The Balaban J connectivity index is 1.29. The predicted molar refractivity (Wildman–Crippen MR) is 222 cm³/mol. The number of carbonyl (C=O) groups excluding carboxylic acids is 5. The SMILES string of the molecule is COC1=CC(=O)N(C(=O)/C=C/[C@H](C)NC(=O)[C@H](CCc2ccccc2)NC(=O)[C@H](CC2CCCCC2)NC(=O)[C@H](C(C)C)N(C)C)[C@H]1Cc1c[nH]c2ccccc12. The fourth-order valence-electron chi connectivity index (χ4n) is 8.28. The van der Waals surface area contributed by atoms with Crippen molar-refractivity contribution in [2.75, 3.05) is 21.2 Å². The van der Waals surface area contributed by atoms with Gasteiger partial charge < -0.3 is 25.7 Å². The molecule has 2 aromatic carbocycles. The number of imide groups is 1. The molecule has 1 aliphatic heterocycles. The molecule has 1 fully saturated rings. The maximum absolute atomic E-state index is 14.2. The summed E-state index contributed by atoms with van der Waals surface area (Å²) >= 11 is 0. The number of carbonyl (C=O) groups is 5. The van der Waals surface area contributed by atoms with Gasteiger partial charge in [-0.2, -0.15) is 0 Å². The normalized spacial score (nSPS) is 18.4. The van der Waals surface area contributed by atoms with Gasteiger partial charge in [-0.1, -0.05) is 101 Å². The number of fused-ring (bicyclic) bond motifs is 1. The van der Waals surface area contributed by atoms with Crippen molar-refractivity contribution in [3.8, 4) is 0 Å². The number of benzene rings is 2. The molecule has 4 N–H and O–H groups in total. The fourth-order valence-corrected chi connectivity index (χ4v) is 8.28. The average molecular weight is 781 g/mol. The van der Waals surface area contributed by atoms with E-state index in [-0.39, 0.29) is 11.8 Å². The first-order valence-corrected chi connectivity index (χ1v) is 20.3. The van der Waals surface area contributed by atoms with Gasteiger partial charge in [0.05, 0.1) is 13.2 Å². The number of aromatic nitrogens is 1. The van der Waals surface area contributed by atoms with Crippen molar-refractivity contribution in [2.24, 2.45) is 11.8 Å². The van der Waals surface area contributed by atoms with Gasteiger partial charge in [0.1, 0.15) is 23.9 Å². The first-order valence-electron chi connectivity index (χ1n) is 20.3. The number of amides is 5. The molecule has 1 aromatic heterocycles. The van der Waals surface area contributed by atoms with Gasteiger partial charge in [-0.05, 0) is 69.3 Å². The van der Waals surface area contributed by atoms with E-state index >= 15 is 0 Å². The summed E-state index contributed by atoms with van der Waals surface area (Å²) in [4.78, 5) is 74.7. The highest BCUT2D eigenvalue weighted by molar-refractivity contribution is 6.08. The highest BCUT2D eigenvalue weighted by Gasteiger charge is 2.38. The highest BCUT2D eigenvalue weighted by Crippen LogP contribution is 2.29. The third kappa shape index (κ3) is 11.4. The highest BCUT2D eigenvalue weighted by atomic mass is 16.5. The molecule has 5 rings (SSSR count). The predicted octanol–water partition coefficient (Wildman–Crippen LogP) is 5.20. The summed E-state index contributed by atoms with van der Waals surface area (Å²) in [7, 11) is 5.19. The van der Waals surface area contributed by atoms with E-state index in [4.69, 9.17) is 4.74 Å². The van der Waals surface area contributed by atoms with Gasteiger partial charge in [0, 0.05) is 41.7 Å². The molecule has 3 aromatic rings. The number of likely N-dealkylation sites (N-methyl/N-ethyl adjacent to an activating group) is 1. The third-order valence-electron chi connectivity index (χ3n) is 11.2. The molecule has 57 heavy (non-hydrogen) atoms. The maximum Gasteiger partial charge on any atom is 0.257 e. The van der Waals surface area contributed by atoms with Crippen molar-refractivity contribution >= 4 is 40.4 Å². The van der Waals surface area contributed by atoms with Gasteiger partial charge in [-0.3, -0.25) is 33.8 Å². The Hall–Kier alpha value is -5.23. The Morgan fingerprint density at radius 2 is 1.56 bits per heavy atom. The van der Waals surface area contributed by atoms with Crippen LogP contribution >= 0.6 is 0 Å². The lowest BCUT2D eigenvalue weighted by molar-refractivity contribution is -0.139. The van der Waals surface area contributed by atoms with E-state index in [1.807, 2.05) is 93.6 Å². The number of nitrogens with zero attached hydrogens (tertiary/aromatic N) is 2. The van der Waals surface area contributed by atoms with Crippen molar-refractivity contribution < 1.29 is 28.7 Å². The molecule has 5 atom stereocenters.